The van der Waals surface area contributed by atoms with Crippen molar-refractivity contribution in [1.82, 2.24) is 72.3 Å². The zero-order valence-electron chi connectivity index (χ0n) is 43.1. The largest absolute Gasteiger partial charge is 0.314 e. The second-order valence-electron chi connectivity index (χ2n) is 19.1. The van der Waals surface area contributed by atoms with Gasteiger partial charge in [-0.15, -0.1) is 0 Å². The van der Waals surface area contributed by atoms with Crippen molar-refractivity contribution in [2.24, 2.45) is 21.1 Å². The topological polar surface area (TPSA) is 146 Å². The number of aryl methyl sites for hydroxylation is 3. The van der Waals surface area contributed by atoms with E-state index in [1.54, 1.807) is 19.0 Å². The maximum atomic E-state index is 5.37. The highest BCUT2D eigenvalue weighted by atomic mass is 15.2. The van der Waals surface area contributed by atoms with Crippen molar-refractivity contribution < 1.29 is 0 Å². The van der Waals surface area contributed by atoms with Crippen LogP contribution < -0.4 is 0 Å². The van der Waals surface area contributed by atoms with Crippen molar-refractivity contribution in [3.63, 3.8) is 0 Å². The Balaban J connectivity index is 1.15. The van der Waals surface area contributed by atoms with Crippen LogP contribution >= 0.6 is 0 Å². The fourth-order valence-electron chi connectivity index (χ4n) is 10.2. The van der Waals surface area contributed by atoms with Crippen molar-refractivity contribution in [2.75, 3.05) is 0 Å². The van der Waals surface area contributed by atoms with Gasteiger partial charge in [0.1, 0.15) is 86.7 Å². The number of hydrogen-bond donors (Lipinski definition) is 0. The van der Waals surface area contributed by atoms with Gasteiger partial charge in [0.15, 0.2) is 0 Å². The minimum Gasteiger partial charge on any atom is -0.314 e. The average Bonchev–Trinajstić information content (AvgIpc) is 3.55. The molecule has 0 radical (unpaired) electrons. The minimum absolute atomic E-state index is 0.460. The number of benzene rings is 6. The van der Waals surface area contributed by atoms with Crippen LogP contribution in [-0.4, -0.2) is 72.3 Å². The van der Waals surface area contributed by atoms with Gasteiger partial charge in [-0.2, -0.15) is 0 Å². The molecule has 0 aliphatic carbocycles. The van der Waals surface area contributed by atoms with E-state index in [2.05, 4.69) is 141 Å². The summed E-state index contributed by atoms with van der Waals surface area (Å²) in [5.74, 6) is 0. The highest BCUT2D eigenvalue weighted by molar-refractivity contribution is 5.87. The van der Waals surface area contributed by atoms with E-state index in [9.17, 15) is 0 Å². The lowest BCUT2D eigenvalue weighted by Crippen LogP contribution is -2.08. The first-order valence-electron chi connectivity index (χ1n) is 25.7. The van der Waals surface area contributed by atoms with Crippen molar-refractivity contribution >= 4 is 100 Å². The lowest BCUT2D eigenvalue weighted by atomic mass is 10.0. The molecular formula is C63H51N15. The third-order valence-electron chi connectivity index (χ3n) is 14.4. The molecule has 0 saturated carbocycles. The Labute approximate surface area is 447 Å². The molecule has 0 amide bonds. The van der Waals surface area contributed by atoms with Crippen molar-refractivity contribution in [2.45, 2.75) is 19.6 Å². The quantitative estimate of drug-likeness (QED) is 0.159. The molecule has 0 atom stereocenters. The normalized spacial score (nSPS) is 11.4. The third kappa shape index (κ3) is 9.19. The van der Waals surface area contributed by atoms with E-state index in [0.717, 1.165) is 49.0 Å². The van der Waals surface area contributed by atoms with Crippen LogP contribution in [0.15, 0.2) is 219 Å². The summed E-state index contributed by atoms with van der Waals surface area (Å²) < 4.78 is 12.3. The SMILES string of the molecule is Cn1c2cc(ncn2)n(Cc2cccc3ccccc23)c2cccc(n2)n(C)c2cc(ncn2)n(Cc2cccc3ccccc23)c2cccc(n2)n(C)c2cc(ncn2)n(Cc2cccc3ccccc23)c2cccc1n2. The number of fused-ring (bicyclic) bond motifs is 15. The third-order valence-corrected chi connectivity index (χ3v) is 14.4. The molecule has 15 nitrogen and oxygen atoms in total. The fourth-order valence-corrected chi connectivity index (χ4v) is 10.2. The van der Waals surface area contributed by atoms with Gasteiger partial charge in [-0.3, -0.25) is 0 Å². The average molecular weight is 1020 g/mol. The van der Waals surface area contributed by atoms with E-state index in [-0.39, 0.29) is 0 Å². The van der Waals surface area contributed by atoms with Crippen molar-refractivity contribution in [3.8, 4) is 0 Å². The predicted octanol–water partition coefficient (Wildman–Crippen LogP) is 12.2. The molecule has 13 aromatic rings. The zero-order valence-corrected chi connectivity index (χ0v) is 43.1. The van der Waals surface area contributed by atoms with Gasteiger partial charge in [-0.1, -0.05) is 146 Å². The summed E-state index contributed by atoms with van der Waals surface area (Å²) in [5.41, 5.74) is 11.2. The number of aromatic nitrogens is 15. The van der Waals surface area contributed by atoms with E-state index < -0.39 is 0 Å². The molecule has 0 fully saturated rings. The number of nitrogens with zero attached hydrogens (tertiary/aromatic N) is 15. The van der Waals surface area contributed by atoms with Gasteiger partial charge in [-0.05, 0) is 85.4 Å². The summed E-state index contributed by atoms with van der Waals surface area (Å²) in [4.78, 5) is 45.5. The first-order chi connectivity index (χ1) is 38.4. The highest BCUT2D eigenvalue weighted by Gasteiger charge is 2.12. The summed E-state index contributed by atoms with van der Waals surface area (Å²) in [7, 11) is 5.91. The molecule has 7 aromatic heterocycles. The Hall–Kier alpha value is -10.4. The Morgan fingerprint density at radius 2 is 0.513 bits per heavy atom. The van der Waals surface area contributed by atoms with E-state index in [0.29, 0.717) is 87.4 Å². The lowest BCUT2D eigenvalue weighted by molar-refractivity contribution is 0.825. The summed E-state index contributed by atoms with van der Waals surface area (Å²) in [6, 6.07) is 68.5. The van der Waals surface area contributed by atoms with E-state index in [1.165, 1.54) is 0 Å². The summed E-state index contributed by atoms with van der Waals surface area (Å²) in [6.07, 6.45) is 4.80. The molecule has 0 aliphatic heterocycles. The van der Waals surface area contributed by atoms with Crippen molar-refractivity contribution in [3.05, 3.63) is 236 Å². The predicted molar refractivity (Wildman–Crippen MR) is 311 cm³/mol. The summed E-state index contributed by atoms with van der Waals surface area (Å²) >= 11 is 0. The molecule has 0 saturated heterocycles. The molecule has 0 unspecified atom stereocenters. The molecule has 13 rings (SSSR count). The van der Waals surface area contributed by atoms with E-state index in [4.69, 9.17) is 44.9 Å². The Kier molecular flexibility index (Phi) is 12.4. The maximum Gasteiger partial charge on any atom is 0.139 e. The van der Waals surface area contributed by atoms with Crippen LogP contribution in [0, 0.1) is 0 Å². The zero-order chi connectivity index (χ0) is 52.5. The van der Waals surface area contributed by atoms with Gasteiger partial charge >= 0.3 is 0 Å². The molecular weight excluding hydrogens is 967 g/mol. The molecule has 0 spiro atoms. The minimum atomic E-state index is 0.460. The molecule has 378 valence electrons. The van der Waals surface area contributed by atoms with Crippen LogP contribution in [0.3, 0.4) is 0 Å². The molecule has 7 heterocycles. The monoisotopic (exact) mass is 1020 g/mol. The lowest BCUT2D eigenvalue weighted by Gasteiger charge is -2.14. The Morgan fingerprint density at radius 3 is 0.833 bits per heavy atom. The Morgan fingerprint density at radius 1 is 0.256 bits per heavy atom. The first kappa shape index (κ1) is 47.3. The number of rotatable bonds is 6. The Bertz CT molecular complexity index is 4130. The summed E-state index contributed by atoms with van der Waals surface area (Å²) in [5, 5.41) is 6.86. The van der Waals surface area contributed by atoms with E-state index in [1.807, 2.05) is 108 Å². The molecule has 12 bridgehead atoms. The van der Waals surface area contributed by atoms with Crippen LogP contribution in [0.4, 0.5) is 0 Å². The van der Waals surface area contributed by atoms with Gasteiger partial charge in [0, 0.05) is 39.3 Å². The number of hydrogen-bond acceptors (Lipinski definition) is 9. The van der Waals surface area contributed by atoms with Crippen molar-refractivity contribution in [1.29, 1.82) is 0 Å². The maximum absolute atomic E-state index is 5.37. The number of pyridine rings is 3. The van der Waals surface area contributed by atoms with Gasteiger partial charge in [0.2, 0.25) is 0 Å². The van der Waals surface area contributed by atoms with E-state index >= 15 is 0 Å². The van der Waals surface area contributed by atoms with Crippen LogP contribution in [0.5, 0.6) is 0 Å². The van der Waals surface area contributed by atoms with Gasteiger partial charge in [0.25, 0.3) is 0 Å². The van der Waals surface area contributed by atoms with Gasteiger partial charge in [0.05, 0.1) is 19.6 Å². The molecule has 0 aliphatic rings. The first-order valence-corrected chi connectivity index (χ1v) is 25.7. The summed E-state index contributed by atoms with van der Waals surface area (Å²) in [6.45, 7) is 1.38. The smallest absolute Gasteiger partial charge is 0.139 e. The van der Waals surface area contributed by atoms with Gasteiger partial charge < -0.3 is 27.4 Å². The van der Waals surface area contributed by atoms with Crippen LogP contribution in [0.25, 0.3) is 100 Å². The molecule has 0 N–H and O–H groups in total. The fraction of sp³-hybridized carbons (Fsp3) is 0.0952. The second kappa shape index (κ2) is 20.4. The van der Waals surface area contributed by atoms with Crippen LogP contribution in [0.1, 0.15) is 16.7 Å². The highest BCUT2D eigenvalue weighted by Crippen LogP contribution is 2.25. The van der Waals surface area contributed by atoms with Gasteiger partial charge in [-0.25, -0.2) is 44.9 Å². The van der Waals surface area contributed by atoms with Crippen LogP contribution in [0.2, 0.25) is 0 Å². The van der Waals surface area contributed by atoms with Crippen LogP contribution in [-0.2, 0) is 40.8 Å². The molecule has 6 aromatic carbocycles. The second-order valence-corrected chi connectivity index (χ2v) is 19.1. The molecule has 78 heavy (non-hydrogen) atoms. The standard InChI is InChI=1S/C63H51N15/c1-73-52-28-13-31-55(70-52)76(37-46-22-10-19-43-16-4-7-25-49(43)46)62-35-59(65-41-68-62)75(3)54-30-15-33-57(72-54)78(39-48-24-12-21-45-18-6-9-27-51(45)48)63-36-60(66-42-69-63)74(2)53-29-14-32-56(71-53)77(61-34-58(73)64-40-67-61)38-47-23-11-20-44-17-5-8-26-50(44)47/h4-36,40-42H,37-39H2,1-3H3. The molecule has 15 heteroatoms.